The number of carbonyl (C=O) groups excluding carboxylic acids is 1. The number of hydrogen-bond donors (Lipinski definition) is 1. The second kappa shape index (κ2) is 4.95. The van der Waals surface area contributed by atoms with E-state index in [-0.39, 0.29) is 12.2 Å². The summed E-state index contributed by atoms with van der Waals surface area (Å²) >= 11 is 0. The summed E-state index contributed by atoms with van der Waals surface area (Å²) in [4.78, 5) is 11.5. The summed E-state index contributed by atoms with van der Waals surface area (Å²) in [5, 5.41) is 0. The second-order valence-corrected chi connectivity index (χ2v) is 2.89. The van der Waals surface area contributed by atoms with Gasteiger partial charge in [-0.05, 0) is 19.8 Å². The molecule has 0 saturated heterocycles. The molecule has 0 bridgehead atoms. The summed E-state index contributed by atoms with van der Waals surface area (Å²) in [7, 11) is 0. The Bertz CT molecular complexity index is 206. The molecule has 0 unspecified atom stereocenters. The molecule has 68 valence electrons. The molecule has 0 atom stereocenters. The van der Waals surface area contributed by atoms with Crippen molar-refractivity contribution in [1.82, 2.24) is 0 Å². The zero-order chi connectivity index (χ0) is 9.61. The van der Waals surface area contributed by atoms with Crippen molar-refractivity contribution >= 4 is 5.78 Å². The Morgan fingerprint density at radius 2 is 1.92 bits per heavy atom. The maximum absolute atomic E-state index is 11.5. The van der Waals surface area contributed by atoms with Gasteiger partial charge in [0.1, 0.15) is 0 Å². The Balaban J connectivity index is 4.28. The molecule has 0 fully saturated rings. The van der Waals surface area contributed by atoms with Crippen LogP contribution in [-0.2, 0) is 4.79 Å². The number of carbonyl (C=O) groups is 1. The molecule has 0 aromatic carbocycles. The zero-order valence-corrected chi connectivity index (χ0v) is 8.11. The van der Waals surface area contributed by atoms with Crippen molar-refractivity contribution in [2.75, 3.05) is 0 Å². The van der Waals surface area contributed by atoms with E-state index in [1.807, 2.05) is 13.8 Å². The lowest BCUT2D eigenvalue weighted by Gasteiger charge is -2.23. The lowest BCUT2D eigenvalue weighted by atomic mass is 9.88. The molecule has 0 saturated carbocycles. The summed E-state index contributed by atoms with van der Waals surface area (Å²) < 4.78 is 0. The van der Waals surface area contributed by atoms with Crippen LogP contribution in [0.15, 0.2) is 0 Å². The summed E-state index contributed by atoms with van der Waals surface area (Å²) in [6.45, 7) is 5.59. The van der Waals surface area contributed by atoms with Crippen molar-refractivity contribution < 1.29 is 4.79 Å². The van der Waals surface area contributed by atoms with Crippen molar-refractivity contribution in [3.8, 4) is 11.8 Å². The minimum Gasteiger partial charge on any atom is -0.319 e. The first-order valence-corrected chi connectivity index (χ1v) is 4.32. The van der Waals surface area contributed by atoms with Gasteiger partial charge in [-0.1, -0.05) is 19.8 Å². The largest absolute Gasteiger partial charge is 0.319 e. The smallest absolute Gasteiger partial charge is 0.164 e. The average Bonchev–Trinajstić information content (AvgIpc) is 2.12. The summed E-state index contributed by atoms with van der Waals surface area (Å²) in [6, 6.07) is 0. The molecule has 0 spiro atoms. The van der Waals surface area contributed by atoms with Crippen LogP contribution >= 0.6 is 0 Å². The fourth-order valence-corrected chi connectivity index (χ4v) is 0.989. The van der Waals surface area contributed by atoms with E-state index in [0.29, 0.717) is 12.8 Å². The Morgan fingerprint density at radius 3 is 2.25 bits per heavy atom. The highest BCUT2D eigenvalue weighted by Gasteiger charge is 2.28. The van der Waals surface area contributed by atoms with Gasteiger partial charge in [0.05, 0.1) is 12.0 Å². The fraction of sp³-hybridized carbons (Fsp3) is 0.700. The molecule has 2 nitrogen and oxygen atoms in total. The molecule has 0 aromatic rings. The van der Waals surface area contributed by atoms with E-state index in [0.717, 1.165) is 0 Å². The van der Waals surface area contributed by atoms with Crippen LogP contribution in [0.4, 0.5) is 0 Å². The van der Waals surface area contributed by atoms with Gasteiger partial charge >= 0.3 is 0 Å². The highest BCUT2D eigenvalue weighted by Crippen LogP contribution is 2.13. The first-order valence-electron chi connectivity index (χ1n) is 4.32. The van der Waals surface area contributed by atoms with Crippen molar-refractivity contribution in [3.05, 3.63) is 0 Å². The Morgan fingerprint density at radius 1 is 1.42 bits per heavy atom. The van der Waals surface area contributed by atoms with Crippen LogP contribution in [0.1, 0.15) is 40.0 Å². The van der Waals surface area contributed by atoms with Crippen LogP contribution in [0.25, 0.3) is 0 Å². The predicted molar refractivity (Wildman–Crippen MR) is 50.6 cm³/mol. The molecular formula is C10H17NO. The highest BCUT2D eigenvalue weighted by atomic mass is 16.1. The number of ketones is 1. The molecule has 12 heavy (non-hydrogen) atoms. The van der Waals surface area contributed by atoms with E-state index in [1.165, 1.54) is 0 Å². The Labute approximate surface area is 74.5 Å². The van der Waals surface area contributed by atoms with Crippen LogP contribution in [0.2, 0.25) is 0 Å². The van der Waals surface area contributed by atoms with E-state index >= 15 is 0 Å². The molecule has 0 aromatic heterocycles. The first-order chi connectivity index (χ1) is 5.60. The first kappa shape index (κ1) is 11.2. The minimum atomic E-state index is -0.649. The number of hydrogen-bond acceptors (Lipinski definition) is 2. The van der Waals surface area contributed by atoms with Gasteiger partial charge in [-0.3, -0.25) is 4.79 Å². The quantitative estimate of drug-likeness (QED) is 0.644. The predicted octanol–water partition coefficient (Wildman–Crippen LogP) is 1.49. The zero-order valence-electron chi connectivity index (χ0n) is 8.11. The van der Waals surface area contributed by atoms with Crippen LogP contribution in [0.3, 0.4) is 0 Å². The van der Waals surface area contributed by atoms with Gasteiger partial charge in [0.15, 0.2) is 5.78 Å². The lowest BCUT2D eigenvalue weighted by Crippen LogP contribution is -2.46. The molecule has 0 radical (unpaired) electrons. The van der Waals surface area contributed by atoms with Crippen LogP contribution in [-0.4, -0.2) is 11.3 Å². The van der Waals surface area contributed by atoms with Gasteiger partial charge in [0.25, 0.3) is 0 Å². The third-order valence-electron chi connectivity index (χ3n) is 2.24. The van der Waals surface area contributed by atoms with Crippen molar-refractivity contribution in [2.45, 2.75) is 45.6 Å². The van der Waals surface area contributed by atoms with Gasteiger partial charge < -0.3 is 5.73 Å². The second-order valence-electron chi connectivity index (χ2n) is 2.89. The molecule has 0 aliphatic heterocycles. The average molecular weight is 167 g/mol. The third kappa shape index (κ3) is 2.67. The van der Waals surface area contributed by atoms with Gasteiger partial charge in [0.2, 0.25) is 0 Å². The molecule has 2 N–H and O–H groups in total. The molecule has 0 aliphatic carbocycles. The summed E-state index contributed by atoms with van der Waals surface area (Å²) in [5.74, 6) is 5.49. The maximum atomic E-state index is 11.5. The number of rotatable bonds is 4. The van der Waals surface area contributed by atoms with E-state index in [9.17, 15) is 4.79 Å². The molecule has 2 heteroatoms. The van der Waals surface area contributed by atoms with Gasteiger partial charge in [-0.2, -0.15) is 0 Å². The van der Waals surface area contributed by atoms with E-state index in [4.69, 9.17) is 5.73 Å². The number of Topliss-reactive ketones (excluding diaryl/α,β-unsaturated/α-hetero) is 1. The standard InChI is InChI=1S/C10H17NO/c1-4-7-8-9(12)10(11,5-2)6-3/h5-6,8,11H2,1-3H3. The molecule has 0 rings (SSSR count). The minimum absolute atomic E-state index is 0.0573. The maximum Gasteiger partial charge on any atom is 0.164 e. The lowest BCUT2D eigenvalue weighted by molar-refractivity contribution is -0.123. The molecular weight excluding hydrogens is 150 g/mol. The topological polar surface area (TPSA) is 43.1 Å². The van der Waals surface area contributed by atoms with Crippen LogP contribution in [0, 0.1) is 11.8 Å². The fourth-order valence-electron chi connectivity index (χ4n) is 0.989. The van der Waals surface area contributed by atoms with E-state index in [1.54, 1.807) is 6.92 Å². The normalized spacial score (nSPS) is 10.3. The Hall–Kier alpha value is -0.810. The van der Waals surface area contributed by atoms with Crippen LogP contribution in [0.5, 0.6) is 0 Å². The van der Waals surface area contributed by atoms with Gasteiger partial charge in [0, 0.05) is 0 Å². The Kier molecular flexibility index (Phi) is 4.61. The van der Waals surface area contributed by atoms with Gasteiger partial charge in [-0.25, -0.2) is 0 Å². The SMILES string of the molecule is CC#CCC(=O)C(N)(CC)CC. The van der Waals surface area contributed by atoms with E-state index < -0.39 is 5.54 Å². The van der Waals surface area contributed by atoms with Crippen molar-refractivity contribution in [1.29, 1.82) is 0 Å². The monoisotopic (exact) mass is 167 g/mol. The van der Waals surface area contributed by atoms with E-state index in [2.05, 4.69) is 11.8 Å². The van der Waals surface area contributed by atoms with Crippen molar-refractivity contribution in [3.63, 3.8) is 0 Å². The number of nitrogens with two attached hydrogens (primary N) is 1. The van der Waals surface area contributed by atoms with Crippen LogP contribution < -0.4 is 5.73 Å². The third-order valence-corrected chi connectivity index (χ3v) is 2.24. The van der Waals surface area contributed by atoms with Gasteiger partial charge in [-0.15, -0.1) is 5.92 Å². The highest BCUT2D eigenvalue weighted by molar-refractivity contribution is 5.89. The molecule has 0 aliphatic rings. The summed E-state index contributed by atoms with van der Waals surface area (Å²) in [6.07, 6.45) is 1.66. The molecule has 0 amide bonds. The van der Waals surface area contributed by atoms with Crippen molar-refractivity contribution in [2.24, 2.45) is 5.73 Å². The summed E-state index contributed by atoms with van der Waals surface area (Å²) in [5.41, 5.74) is 5.21. The molecule has 0 heterocycles.